The second kappa shape index (κ2) is 4.55. The highest BCUT2D eigenvalue weighted by atomic mass is 35.5. The summed E-state index contributed by atoms with van der Waals surface area (Å²) in [4.78, 5) is 15.1. The van der Waals surface area contributed by atoms with Crippen molar-refractivity contribution in [1.29, 1.82) is 0 Å². The molecule has 0 amide bonds. The molecule has 0 aliphatic heterocycles. The van der Waals surface area contributed by atoms with Crippen LogP contribution in [0.3, 0.4) is 0 Å². The summed E-state index contributed by atoms with van der Waals surface area (Å²) in [5.74, 6) is -1.01. The number of hydrogen-bond donors (Lipinski definition) is 1. The van der Waals surface area contributed by atoms with Crippen LogP contribution in [-0.2, 0) is 0 Å². The van der Waals surface area contributed by atoms with Gasteiger partial charge in [-0.2, -0.15) is 0 Å². The zero-order valence-corrected chi connectivity index (χ0v) is 9.90. The van der Waals surface area contributed by atoms with Gasteiger partial charge in [0.2, 0.25) is 0 Å². The molecule has 86 valence electrons. The van der Waals surface area contributed by atoms with Gasteiger partial charge in [0, 0.05) is 5.56 Å². The number of carbonyl (C=O) groups is 1. The topological polar surface area (TPSA) is 50.2 Å². The van der Waals surface area contributed by atoms with Gasteiger partial charge in [-0.15, -0.1) is 0 Å². The summed E-state index contributed by atoms with van der Waals surface area (Å²) in [6.07, 6.45) is 0. The van der Waals surface area contributed by atoms with E-state index >= 15 is 0 Å². The van der Waals surface area contributed by atoms with E-state index in [4.69, 9.17) is 16.7 Å². The lowest BCUT2D eigenvalue weighted by molar-refractivity contribution is 0.0697. The van der Waals surface area contributed by atoms with E-state index < -0.39 is 5.97 Å². The molecule has 2 rings (SSSR count). The van der Waals surface area contributed by atoms with Gasteiger partial charge in [0.15, 0.2) is 0 Å². The number of pyridine rings is 1. The van der Waals surface area contributed by atoms with Gasteiger partial charge >= 0.3 is 5.97 Å². The second-order valence-electron chi connectivity index (χ2n) is 3.68. The Morgan fingerprint density at radius 2 is 2.00 bits per heavy atom. The molecule has 0 spiro atoms. The largest absolute Gasteiger partial charge is 0.478 e. The number of aromatic carboxylic acids is 1. The van der Waals surface area contributed by atoms with E-state index in [1.165, 1.54) is 12.1 Å². The van der Waals surface area contributed by atoms with Gasteiger partial charge in [-0.25, -0.2) is 9.78 Å². The number of aromatic nitrogens is 1. The third-order valence-electron chi connectivity index (χ3n) is 2.46. The zero-order chi connectivity index (χ0) is 12.4. The van der Waals surface area contributed by atoms with Gasteiger partial charge in [0.1, 0.15) is 5.15 Å². The van der Waals surface area contributed by atoms with E-state index in [0.717, 1.165) is 11.1 Å². The van der Waals surface area contributed by atoms with Crippen molar-refractivity contribution in [3.8, 4) is 11.3 Å². The molecule has 0 radical (unpaired) electrons. The Morgan fingerprint density at radius 1 is 1.29 bits per heavy atom. The molecule has 0 aliphatic rings. The Kier molecular flexibility index (Phi) is 3.11. The van der Waals surface area contributed by atoms with Gasteiger partial charge in [-0.3, -0.25) is 0 Å². The second-order valence-corrected chi connectivity index (χ2v) is 4.07. The predicted octanol–water partition coefficient (Wildman–Crippen LogP) is 3.41. The standard InChI is InChI=1S/C13H10ClNO2/c1-8-4-2-3-5-10(8)11-6-9(13(16)17)7-12(14)15-11/h2-7H,1H3,(H,16,17). The Bertz CT molecular complexity index is 581. The minimum absolute atomic E-state index is 0.142. The summed E-state index contributed by atoms with van der Waals surface area (Å²) < 4.78 is 0. The number of benzene rings is 1. The molecule has 4 heteroatoms. The third-order valence-corrected chi connectivity index (χ3v) is 2.66. The van der Waals surface area contributed by atoms with Crippen LogP contribution in [0.4, 0.5) is 0 Å². The summed E-state index contributed by atoms with van der Waals surface area (Å²) in [7, 11) is 0. The van der Waals surface area contributed by atoms with E-state index in [1.54, 1.807) is 0 Å². The molecule has 0 bridgehead atoms. The molecule has 0 atom stereocenters. The number of hydrogen-bond acceptors (Lipinski definition) is 2. The third kappa shape index (κ3) is 2.45. The lowest BCUT2D eigenvalue weighted by Crippen LogP contribution is -1.98. The normalized spacial score (nSPS) is 10.2. The molecule has 0 saturated carbocycles. The Morgan fingerprint density at radius 3 is 2.65 bits per heavy atom. The van der Waals surface area contributed by atoms with Crippen LogP contribution in [0.25, 0.3) is 11.3 Å². The molecule has 0 saturated heterocycles. The van der Waals surface area contributed by atoms with Crippen LogP contribution in [0.2, 0.25) is 5.15 Å². The van der Waals surface area contributed by atoms with Crippen LogP contribution in [0, 0.1) is 6.92 Å². The molecule has 1 heterocycles. The number of halogens is 1. The quantitative estimate of drug-likeness (QED) is 0.828. The van der Waals surface area contributed by atoms with Crippen molar-refractivity contribution in [2.24, 2.45) is 0 Å². The van der Waals surface area contributed by atoms with Crippen LogP contribution >= 0.6 is 11.6 Å². The van der Waals surface area contributed by atoms with Crippen LogP contribution in [0.1, 0.15) is 15.9 Å². The Labute approximate surface area is 104 Å². The van der Waals surface area contributed by atoms with Crippen molar-refractivity contribution in [3.63, 3.8) is 0 Å². The smallest absolute Gasteiger partial charge is 0.335 e. The van der Waals surface area contributed by atoms with E-state index in [2.05, 4.69) is 4.98 Å². The molecule has 1 N–H and O–H groups in total. The molecule has 1 aromatic carbocycles. The van der Waals surface area contributed by atoms with Gasteiger partial charge in [0.25, 0.3) is 0 Å². The van der Waals surface area contributed by atoms with Crippen molar-refractivity contribution in [2.75, 3.05) is 0 Å². The highest BCUT2D eigenvalue weighted by Gasteiger charge is 2.10. The number of carboxylic acid groups (broad SMARTS) is 1. The first kappa shape index (κ1) is 11.6. The number of aryl methyl sites for hydroxylation is 1. The fourth-order valence-electron chi connectivity index (χ4n) is 1.62. The van der Waals surface area contributed by atoms with Crippen molar-refractivity contribution in [2.45, 2.75) is 6.92 Å². The lowest BCUT2D eigenvalue weighted by atomic mass is 10.0. The molecular weight excluding hydrogens is 238 g/mol. The number of rotatable bonds is 2. The monoisotopic (exact) mass is 247 g/mol. The fourth-order valence-corrected chi connectivity index (χ4v) is 1.83. The van der Waals surface area contributed by atoms with Gasteiger partial charge in [0.05, 0.1) is 11.3 Å². The maximum atomic E-state index is 10.9. The average Bonchev–Trinajstić information content (AvgIpc) is 2.28. The summed E-state index contributed by atoms with van der Waals surface area (Å²) in [6, 6.07) is 10.5. The van der Waals surface area contributed by atoms with E-state index in [-0.39, 0.29) is 10.7 Å². The minimum atomic E-state index is -1.01. The van der Waals surface area contributed by atoms with Crippen molar-refractivity contribution in [3.05, 3.63) is 52.7 Å². The summed E-state index contributed by atoms with van der Waals surface area (Å²) in [5, 5.41) is 9.15. The maximum Gasteiger partial charge on any atom is 0.335 e. The zero-order valence-electron chi connectivity index (χ0n) is 9.14. The number of nitrogens with zero attached hydrogens (tertiary/aromatic N) is 1. The first-order valence-electron chi connectivity index (χ1n) is 5.05. The molecule has 2 aromatic rings. The highest BCUT2D eigenvalue weighted by molar-refractivity contribution is 6.29. The van der Waals surface area contributed by atoms with Gasteiger partial charge in [-0.1, -0.05) is 35.9 Å². The molecular formula is C13H10ClNO2. The van der Waals surface area contributed by atoms with E-state index in [0.29, 0.717) is 5.69 Å². The summed E-state index contributed by atoms with van der Waals surface area (Å²) in [5.41, 5.74) is 2.63. The average molecular weight is 248 g/mol. The molecule has 0 fully saturated rings. The SMILES string of the molecule is Cc1ccccc1-c1cc(C(=O)O)cc(Cl)n1. The van der Waals surface area contributed by atoms with Crippen molar-refractivity contribution >= 4 is 17.6 Å². The Hall–Kier alpha value is -1.87. The lowest BCUT2D eigenvalue weighted by Gasteiger charge is -2.06. The molecule has 0 aliphatic carbocycles. The fraction of sp³-hybridized carbons (Fsp3) is 0.0769. The Balaban J connectivity index is 2.60. The number of carboxylic acids is 1. The van der Waals surface area contributed by atoms with Crippen molar-refractivity contribution < 1.29 is 9.90 Å². The minimum Gasteiger partial charge on any atom is -0.478 e. The first-order valence-corrected chi connectivity index (χ1v) is 5.42. The van der Waals surface area contributed by atoms with Crippen molar-refractivity contribution in [1.82, 2.24) is 4.98 Å². The van der Waals surface area contributed by atoms with E-state index in [1.807, 2.05) is 31.2 Å². The van der Waals surface area contributed by atoms with Crippen LogP contribution in [0.15, 0.2) is 36.4 Å². The molecule has 0 unspecified atom stereocenters. The molecule has 17 heavy (non-hydrogen) atoms. The van der Waals surface area contributed by atoms with Crippen LogP contribution in [-0.4, -0.2) is 16.1 Å². The highest BCUT2D eigenvalue weighted by Crippen LogP contribution is 2.24. The predicted molar refractivity (Wildman–Crippen MR) is 66.4 cm³/mol. The van der Waals surface area contributed by atoms with E-state index in [9.17, 15) is 4.79 Å². The van der Waals surface area contributed by atoms with Crippen LogP contribution in [0.5, 0.6) is 0 Å². The first-order chi connectivity index (χ1) is 8.08. The van der Waals surface area contributed by atoms with Crippen LogP contribution < -0.4 is 0 Å². The molecule has 1 aromatic heterocycles. The van der Waals surface area contributed by atoms with Gasteiger partial charge in [-0.05, 0) is 24.6 Å². The molecule has 3 nitrogen and oxygen atoms in total. The maximum absolute atomic E-state index is 10.9. The summed E-state index contributed by atoms with van der Waals surface area (Å²) in [6.45, 7) is 1.94. The van der Waals surface area contributed by atoms with Gasteiger partial charge < -0.3 is 5.11 Å². The summed E-state index contributed by atoms with van der Waals surface area (Å²) >= 11 is 5.82.